The summed E-state index contributed by atoms with van der Waals surface area (Å²) in [6.45, 7) is 2.56. The number of piperidine rings is 1. The number of ketones is 1. The first-order valence-electron chi connectivity index (χ1n) is 6.52. The number of hydrogen-bond acceptors (Lipinski definition) is 3. The number of benzene rings is 1. The molecule has 0 aliphatic carbocycles. The Labute approximate surface area is 126 Å². The molecule has 1 heterocycles. The summed E-state index contributed by atoms with van der Waals surface area (Å²) in [5.41, 5.74) is 1.83. The molecule has 2 rings (SSSR count). The number of amides is 1. The van der Waals surface area contributed by atoms with Gasteiger partial charge in [0.25, 0.3) is 0 Å². The van der Waals surface area contributed by atoms with Crippen LogP contribution in [-0.4, -0.2) is 18.2 Å². The lowest BCUT2D eigenvalue weighted by molar-refractivity contribution is -0.133. The molecular weight excluding hydrogens is 320 g/mol. The number of carbonyl (C=O) groups is 2. The summed E-state index contributed by atoms with van der Waals surface area (Å²) < 4.78 is 0.959. The second-order valence-corrected chi connectivity index (χ2v) is 5.83. The summed E-state index contributed by atoms with van der Waals surface area (Å²) in [7, 11) is 0. The fourth-order valence-corrected chi connectivity index (χ4v) is 3.01. The molecule has 1 aliphatic rings. The number of rotatable bonds is 3. The van der Waals surface area contributed by atoms with E-state index in [1.807, 2.05) is 31.2 Å². The molecular formula is C15H15BrN2O2. The lowest BCUT2D eigenvalue weighted by Crippen LogP contribution is -2.44. The first-order valence-corrected chi connectivity index (χ1v) is 7.31. The van der Waals surface area contributed by atoms with Crippen LogP contribution < -0.4 is 4.90 Å². The normalized spacial score (nSPS) is 18.8. The van der Waals surface area contributed by atoms with Crippen molar-refractivity contribution in [3.05, 3.63) is 28.2 Å². The number of hydrogen-bond donors (Lipinski definition) is 0. The Morgan fingerprint density at radius 2 is 2.30 bits per heavy atom. The van der Waals surface area contributed by atoms with E-state index in [-0.39, 0.29) is 18.1 Å². The van der Waals surface area contributed by atoms with Gasteiger partial charge in [-0.3, -0.25) is 9.59 Å². The molecule has 0 spiro atoms. The summed E-state index contributed by atoms with van der Waals surface area (Å²) in [6, 6.07) is 7.55. The van der Waals surface area contributed by atoms with Crippen molar-refractivity contribution in [3.63, 3.8) is 0 Å². The predicted molar refractivity (Wildman–Crippen MR) is 79.2 cm³/mol. The number of Topliss-reactive ketones (excluding diaryl/α,β-unsaturated/α-hetero) is 1. The largest absolute Gasteiger partial charge is 0.312 e. The highest BCUT2D eigenvalue weighted by Crippen LogP contribution is 2.29. The third kappa shape index (κ3) is 2.91. The van der Waals surface area contributed by atoms with Crippen molar-refractivity contribution in [2.24, 2.45) is 5.92 Å². The first-order chi connectivity index (χ1) is 9.54. The van der Waals surface area contributed by atoms with E-state index in [0.29, 0.717) is 13.0 Å². The standard InChI is InChI=1S/C15H15BrN2O2/c1-10-9-11(16)4-5-13(10)18-8-2-3-12(15(18)20)14(19)6-7-17/h4-5,9,12H,2-3,6,8H2,1H3/t12-/m0/s1. The van der Waals surface area contributed by atoms with Crippen LogP contribution in [0.3, 0.4) is 0 Å². The Morgan fingerprint density at radius 3 is 2.95 bits per heavy atom. The third-order valence-electron chi connectivity index (χ3n) is 3.53. The van der Waals surface area contributed by atoms with Crippen LogP contribution in [-0.2, 0) is 9.59 Å². The quantitative estimate of drug-likeness (QED) is 0.798. The molecule has 4 nitrogen and oxygen atoms in total. The van der Waals surface area contributed by atoms with E-state index in [2.05, 4.69) is 15.9 Å². The zero-order chi connectivity index (χ0) is 14.7. The third-order valence-corrected chi connectivity index (χ3v) is 4.02. The van der Waals surface area contributed by atoms with E-state index >= 15 is 0 Å². The van der Waals surface area contributed by atoms with E-state index in [4.69, 9.17) is 5.26 Å². The summed E-state index contributed by atoms with van der Waals surface area (Å²) >= 11 is 3.40. The Hall–Kier alpha value is -1.67. The lowest BCUT2D eigenvalue weighted by Gasteiger charge is -2.32. The average molecular weight is 335 g/mol. The lowest BCUT2D eigenvalue weighted by atomic mass is 9.91. The van der Waals surface area contributed by atoms with E-state index in [1.54, 1.807) is 4.90 Å². The molecule has 1 atom stereocenters. The van der Waals surface area contributed by atoms with Crippen LogP contribution in [0.2, 0.25) is 0 Å². The highest BCUT2D eigenvalue weighted by molar-refractivity contribution is 9.10. The molecule has 0 unspecified atom stereocenters. The number of aryl methyl sites for hydroxylation is 1. The van der Waals surface area contributed by atoms with Crippen molar-refractivity contribution in [1.82, 2.24) is 0 Å². The van der Waals surface area contributed by atoms with Crippen LogP contribution in [0.25, 0.3) is 0 Å². The molecule has 5 heteroatoms. The average Bonchev–Trinajstić information content (AvgIpc) is 2.40. The molecule has 1 aromatic carbocycles. The van der Waals surface area contributed by atoms with E-state index in [1.165, 1.54) is 0 Å². The minimum atomic E-state index is -0.661. The zero-order valence-electron chi connectivity index (χ0n) is 11.2. The van der Waals surface area contributed by atoms with Gasteiger partial charge in [0.2, 0.25) is 5.91 Å². The Bertz CT molecular complexity index is 592. The number of halogens is 1. The van der Waals surface area contributed by atoms with Crippen molar-refractivity contribution in [2.45, 2.75) is 26.2 Å². The van der Waals surface area contributed by atoms with E-state index in [9.17, 15) is 9.59 Å². The summed E-state index contributed by atoms with van der Waals surface area (Å²) in [5, 5.41) is 8.61. The minimum Gasteiger partial charge on any atom is -0.312 e. The fourth-order valence-electron chi connectivity index (χ4n) is 2.54. The van der Waals surface area contributed by atoms with Crippen molar-refractivity contribution >= 4 is 33.3 Å². The van der Waals surface area contributed by atoms with Gasteiger partial charge in [0.15, 0.2) is 5.78 Å². The molecule has 0 aromatic heterocycles. The van der Waals surface area contributed by atoms with Gasteiger partial charge in [-0.1, -0.05) is 15.9 Å². The van der Waals surface area contributed by atoms with Crippen molar-refractivity contribution in [3.8, 4) is 6.07 Å². The van der Waals surface area contributed by atoms with Gasteiger partial charge in [-0.25, -0.2) is 0 Å². The molecule has 1 saturated heterocycles. The van der Waals surface area contributed by atoms with Gasteiger partial charge in [-0.05, 0) is 43.5 Å². The van der Waals surface area contributed by atoms with Crippen LogP contribution >= 0.6 is 15.9 Å². The van der Waals surface area contributed by atoms with Crippen LogP contribution in [0, 0.1) is 24.2 Å². The smallest absolute Gasteiger partial charge is 0.237 e. The molecule has 1 amide bonds. The first kappa shape index (κ1) is 14.7. The Morgan fingerprint density at radius 1 is 1.55 bits per heavy atom. The van der Waals surface area contributed by atoms with Gasteiger partial charge >= 0.3 is 0 Å². The summed E-state index contributed by atoms with van der Waals surface area (Å²) in [4.78, 5) is 26.0. The maximum absolute atomic E-state index is 12.5. The van der Waals surface area contributed by atoms with Crippen LogP contribution in [0.5, 0.6) is 0 Å². The molecule has 1 aromatic rings. The SMILES string of the molecule is Cc1cc(Br)ccc1N1CCC[C@@H](C(=O)CC#N)C1=O. The predicted octanol–water partition coefficient (Wildman–Crippen LogP) is 2.98. The molecule has 1 fully saturated rings. The molecule has 1 aliphatic heterocycles. The molecule has 0 saturated carbocycles. The Kier molecular flexibility index (Phi) is 4.56. The maximum atomic E-state index is 12.5. The van der Waals surface area contributed by atoms with Gasteiger partial charge in [0.05, 0.1) is 18.4 Å². The number of nitriles is 1. The van der Waals surface area contributed by atoms with Gasteiger partial charge in [-0.15, -0.1) is 0 Å². The molecule has 0 radical (unpaired) electrons. The summed E-state index contributed by atoms with van der Waals surface area (Å²) in [5.74, 6) is -1.11. The van der Waals surface area contributed by atoms with Crippen molar-refractivity contribution in [2.75, 3.05) is 11.4 Å². The highest BCUT2D eigenvalue weighted by atomic mass is 79.9. The van der Waals surface area contributed by atoms with Crippen LogP contribution in [0.1, 0.15) is 24.8 Å². The zero-order valence-corrected chi connectivity index (χ0v) is 12.8. The number of carbonyl (C=O) groups excluding carboxylic acids is 2. The molecule has 104 valence electrons. The number of nitrogens with zero attached hydrogens (tertiary/aromatic N) is 2. The topological polar surface area (TPSA) is 61.2 Å². The van der Waals surface area contributed by atoms with Crippen molar-refractivity contribution in [1.29, 1.82) is 5.26 Å². The highest BCUT2D eigenvalue weighted by Gasteiger charge is 2.34. The van der Waals surface area contributed by atoms with Crippen LogP contribution in [0.4, 0.5) is 5.69 Å². The minimum absolute atomic E-state index is 0.179. The maximum Gasteiger partial charge on any atom is 0.237 e. The van der Waals surface area contributed by atoms with E-state index in [0.717, 1.165) is 22.1 Å². The summed E-state index contributed by atoms with van der Waals surface area (Å²) in [6.07, 6.45) is 1.14. The van der Waals surface area contributed by atoms with Gasteiger partial charge in [-0.2, -0.15) is 5.26 Å². The van der Waals surface area contributed by atoms with Crippen LogP contribution in [0.15, 0.2) is 22.7 Å². The van der Waals surface area contributed by atoms with Gasteiger partial charge in [0, 0.05) is 16.7 Å². The van der Waals surface area contributed by atoms with Crippen molar-refractivity contribution < 1.29 is 9.59 Å². The molecule has 20 heavy (non-hydrogen) atoms. The Balaban J connectivity index is 2.26. The van der Waals surface area contributed by atoms with E-state index < -0.39 is 5.92 Å². The number of anilines is 1. The van der Waals surface area contributed by atoms with Gasteiger partial charge in [0.1, 0.15) is 0 Å². The monoisotopic (exact) mass is 334 g/mol. The second kappa shape index (κ2) is 6.19. The molecule has 0 bridgehead atoms. The van der Waals surface area contributed by atoms with Gasteiger partial charge < -0.3 is 4.90 Å². The fraction of sp³-hybridized carbons (Fsp3) is 0.400. The second-order valence-electron chi connectivity index (χ2n) is 4.92. The molecule has 0 N–H and O–H groups in total.